The number of hydrogen-bond donors (Lipinski definition) is 2. The number of nitrogen functional groups attached to an aromatic ring is 1. The number of phenolic OH excluding ortho intramolecular Hbond substituents is 1. The van der Waals surface area contributed by atoms with Crippen molar-refractivity contribution >= 4 is 5.69 Å². The van der Waals surface area contributed by atoms with E-state index in [1.54, 1.807) is 6.92 Å². The van der Waals surface area contributed by atoms with Gasteiger partial charge in [-0.25, -0.2) is 4.39 Å². The molecule has 4 heteroatoms. The van der Waals surface area contributed by atoms with Crippen molar-refractivity contribution in [3.8, 4) is 11.5 Å². The lowest BCUT2D eigenvalue weighted by Gasteiger charge is -2.05. The molecule has 3 N–H and O–H groups in total. The second-order valence-electron chi connectivity index (χ2n) is 2.28. The molecule has 0 amide bonds. The van der Waals surface area contributed by atoms with Gasteiger partial charge in [0.2, 0.25) is 0 Å². The summed E-state index contributed by atoms with van der Waals surface area (Å²) < 4.78 is 17.7. The maximum Gasteiger partial charge on any atom is 0.175 e. The van der Waals surface area contributed by atoms with Gasteiger partial charge in [-0.3, -0.25) is 0 Å². The van der Waals surface area contributed by atoms with E-state index in [0.29, 0.717) is 12.4 Å². The van der Waals surface area contributed by atoms with Crippen LogP contribution in [-0.2, 0) is 0 Å². The third-order valence-electron chi connectivity index (χ3n) is 1.38. The fourth-order valence-corrected chi connectivity index (χ4v) is 0.844. The van der Waals surface area contributed by atoms with Crippen LogP contribution >= 0.6 is 0 Å². The molecule has 0 unspecified atom stereocenters. The Morgan fingerprint density at radius 2 is 2.25 bits per heavy atom. The molecule has 0 saturated carbocycles. The Kier molecular flexibility index (Phi) is 2.38. The van der Waals surface area contributed by atoms with Crippen LogP contribution < -0.4 is 10.5 Å². The molecule has 0 fully saturated rings. The van der Waals surface area contributed by atoms with Gasteiger partial charge in [0.05, 0.1) is 12.3 Å². The van der Waals surface area contributed by atoms with Crippen molar-refractivity contribution in [1.29, 1.82) is 0 Å². The Morgan fingerprint density at radius 3 is 2.75 bits per heavy atom. The number of halogens is 1. The van der Waals surface area contributed by atoms with Gasteiger partial charge in [0.15, 0.2) is 11.6 Å². The number of aromatic hydroxyl groups is 1. The van der Waals surface area contributed by atoms with Crippen molar-refractivity contribution in [3.63, 3.8) is 0 Å². The Labute approximate surface area is 69.6 Å². The van der Waals surface area contributed by atoms with E-state index in [0.717, 1.165) is 6.07 Å². The monoisotopic (exact) mass is 171 g/mol. The van der Waals surface area contributed by atoms with Gasteiger partial charge in [0.25, 0.3) is 0 Å². The molecule has 0 aliphatic rings. The largest absolute Gasteiger partial charge is 0.503 e. The standard InChI is InChI=1S/C8H10FNO2/c1-2-12-5-3-6(9)8(11)7(10)4-5/h3-4,11H,2,10H2,1H3. The van der Waals surface area contributed by atoms with Crippen molar-refractivity contribution in [1.82, 2.24) is 0 Å². The predicted octanol–water partition coefficient (Wildman–Crippen LogP) is 1.51. The van der Waals surface area contributed by atoms with Gasteiger partial charge < -0.3 is 15.6 Å². The number of benzene rings is 1. The summed E-state index contributed by atoms with van der Waals surface area (Å²) in [6, 6.07) is 2.47. The van der Waals surface area contributed by atoms with Crippen LogP contribution in [-0.4, -0.2) is 11.7 Å². The number of anilines is 1. The van der Waals surface area contributed by atoms with Crippen LogP contribution in [0.4, 0.5) is 10.1 Å². The van der Waals surface area contributed by atoms with Crippen molar-refractivity contribution in [2.75, 3.05) is 12.3 Å². The Bertz CT molecular complexity index is 265. The van der Waals surface area contributed by atoms with Gasteiger partial charge in [0, 0.05) is 12.1 Å². The average Bonchev–Trinajstić information content (AvgIpc) is 2.01. The molecule has 0 atom stereocenters. The number of nitrogens with two attached hydrogens (primary N) is 1. The molecule has 66 valence electrons. The van der Waals surface area contributed by atoms with Crippen LogP contribution in [0.15, 0.2) is 12.1 Å². The topological polar surface area (TPSA) is 55.5 Å². The van der Waals surface area contributed by atoms with Crippen molar-refractivity contribution in [2.24, 2.45) is 0 Å². The molecule has 1 rings (SSSR count). The van der Waals surface area contributed by atoms with E-state index in [9.17, 15) is 4.39 Å². The van der Waals surface area contributed by atoms with E-state index in [-0.39, 0.29) is 5.69 Å². The summed E-state index contributed by atoms with van der Waals surface area (Å²) >= 11 is 0. The summed E-state index contributed by atoms with van der Waals surface area (Å²) in [5.74, 6) is -0.970. The molecule has 1 aromatic carbocycles. The molecule has 0 aliphatic heterocycles. The summed E-state index contributed by atoms with van der Waals surface area (Å²) in [7, 11) is 0. The molecule has 0 radical (unpaired) electrons. The lowest BCUT2D eigenvalue weighted by Crippen LogP contribution is -1.95. The first-order valence-corrected chi connectivity index (χ1v) is 3.56. The summed E-state index contributed by atoms with van der Waals surface area (Å²) in [5.41, 5.74) is 5.27. The Morgan fingerprint density at radius 1 is 1.58 bits per heavy atom. The van der Waals surface area contributed by atoms with Crippen LogP contribution in [0, 0.1) is 5.82 Å². The number of ether oxygens (including phenoxy) is 1. The SMILES string of the molecule is CCOc1cc(N)c(O)c(F)c1. The van der Waals surface area contributed by atoms with E-state index < -0.39 is 11.6 Å². The maximum absolute atomic E-state index is 12.8. The van der Waals surface area contributed by atoms with Gasteiger partial charge in [-0.1, -0.05) is 0 Å². The summed E-state index contributed by atoms with van der Waals surface area (Å²) in [6.45, 7) is 2.21. The molecular formula is C8H10FNO2. The molecule has 12 heavy (non-hydrogen) atoms. The summed E-state index contributed by atoms with van der Waals surface area (Å²) in [5, 5.41) is 8.94. The summed E-state index contributed by atoms with van der Waals surface area (Å²) in [6.07, 6.45) is 0. The van der Waals surface area contributed by atoms with E-state index in [2.05, 4.69) is 0 Å². The second-order valence-corrected chi connectivity index (χ2v) is 2.28. The van der Waals surface area contributed by atoms with Crippen LogP contribution in [0.1, 0.15) is 6.92 Å². The smallest absolute Gasteiger partial charge is 0.175 e. The molecule has 0 saturated heterocycles. The van der Waals surface area contributed by atoms with E-state index in [4.69, 9.17) is 15.6 Å². The van der Waals surface area contributed by atoms with Gasteiger partial charge in [-0.05, 0) is 6.92 Å². The molecule has 0 bridgehead atoms. The fraction of sp³-hybridized carbons (Fsp3) is 0.250. The van der Waals surface area contributed by atoms with Crippen LogP contribution in [0.3, 0.4) is 0 Å². The first kappa shape index (κ1) is 8.64. The van der Waals surface area contributed by atoms with Crippen LogP contribution in [0.2, 0.25) is 0 Å². The van der Waals surface area contributed by atoms with E-state index >= 15 is 0 Å². The zero-order valence-corrected chi connectivity index (χ0v) is 6.67. The quantitative estimate of drug-likeness (QED) is 0.523. The molecule has 0 aromatic heterocycles. The van der Waals surface area contributed by atoms with E-state index in [1.807, 2.05) is 0 Å². The zero-order chi connectivity index (χ0) is 9.14. The highest BCUT2D eigenvalue weighted by molar-refractivity contribution is 5.56. The lowest BCUT2D eigenvalue weighted by atomic mass is 10.2. The van der Waals surface area contributed by atoms with Gasteiger partial charge in [-0.2, -0.15) is 0 Å². The molecule has 1 aromatic rings. The molecule has 0 heterocycles. The minimum absolute atomic E-state index is 0.0153. The van der Waals surface area contributed by atoms with Gasteiger partial charge >= 0.3 is 0 Å². The first-order valence-electron chi connectivity index (χ1n) is 3.56. The second kappa shape index (κ2) is 3.30. The third kappa shape index (κ3) is 1.58. The van der Waals surface area contributed by atoms with Crippen molar-refractivity contribution < 1.29 is 14.2 Å². The van der Waals surface area contributed by atoms with Crippen molar-refractivity contribution in [3.05, 3.63) is 17.9 Å². The van der Waals surface area contributed by atoms with Gasteiger partial charge in [-0.15, -0.1) is 0 Å². The zero-order valence-electron chi connectivity index (χ0n) is 6.67. The lowest BCUT2D eigenvalue weighted by molar-refractivity contribution is 0.336. The minimum atomic E-state index is -0.765. The number of hydrogen-bond acceptors (Lipinski definition) is 3. The molecular weight excluding hydrogens is 161 g/mol. The highest BCUT2D eigenvalue weighted by Gasteiger charge is 2.06. The molecule has 0 aliphatic carbocycles. The summed E-state index contributed by atoms with van der Waals surface area (Å²) in [4.78, 5) is 0. The number of phenols is 1. The third-order valence-corrected chi connectivity index (χ3v) is 1.38. The van der Waals surface area contributed by atoms with Crippen LogP contribution in [0.5, 0.6) is 11.5 Å². The normalized spacial score (nSPS) is 9.83. The molecule has 3 nitrogen and oxygen atoms in total. The Hall–Kier alpha value is -1.45. The maximum atomic E-state index is 12.8. The molecule has 0 spiro atoms. The average molecular weight is 171 g/mol. The highest BCUT2D eigenvalue weighted by atomic mass is 19.1. The minimum Gasteiger partial charge on any atom is -0.503 e. The fourth-order valence-electron chi connectivity index (χ4n) is 0.844. The highest BCUT2D eigenvalue weighted by Crippen LogP contribution is 2.28. The Balaban J connectivity index is 3.04. The van der Waals surface area contributed by atoms with Gasteiger partial charge in [0.1, 0.15) is 5.75 Å². The number of rotatable bonds is 2. The van der Waals surface area contributed by atoms with Crippen LogP contribution in [0.25, 0.3) is 0 Å². The van der Waals surface area contributed by atoms with E-state index in [1.165, 1.54) is 6.07 Å². The van der Waals surface area contributed by atoms with Crippen molar-refractivity contribution in [2.45, 2.75) is 6.92 Å². The predicted molar refractivity (Wildman–Crippen MR) is 43.6 cm³/mol. The first-order chi connectivity index (χ1) is 5.65.